The first-order valence-electron chi connectivity index (χ1n) is 5.33. The van der Waals surface area contributed by atoms with Crippen molar-refractivity contribution < 1.29 is 23.4 Å². The zero-order valence-corrected chi connectivity index (χ0v) is 10.4. The van der Waals surface area contributed by atoms with E-state index in [1.165, 1.54) is 0 Å². The van der Waals surface area contributed by atoms with E-state index in [4.69, 9.17) is 10.2 Å². The molecule has 0 aliphatic rings. The number of rotatable bonds is 7. The van der Waals surface area contributed by atoms with Gasteiger partial charge in [-0.2, -0.15) is 0 Å². The number of carboxylic acid groups (broad SMARTS) is 1. The molecule has 1 rings (SSSR count). The fraction of sp³-hybridized carbons (Fsp3) is 0.364. The molecule has 0 amide bonds. The van der Waals surface area contributed by atoms with E-state index in [1.807, 2.05) is 0 Å². The Labute approximate surface area is 105 Å². The number of aliphatic hydroxyl groups is 1. The summed E-state index contributed by atoms with van der Waals surface area (Å²) in [6.45, 7) is -0.108. The molecule has 1 aromatic carbocycles. The predicted molar refractivity (Wildman–Crippen MR) is 65.3 cm³/mol. The minimum Gasteiger partial charge on any atom is -0.479 e. The quantitative estimate of drug-likeness (QED) is 0.646. The van der Waals surface area contributed by atoms with Gasteiger partial charge in [-0.25, -0.2) is 17.9 Å². The van der Waals surface area contributed by atoms with Gasteiger partial charge >= 0.3 is 5.97 Å². The topological polar surface area (TPSA) is 104 Å². The molecular formula is C11H15NO5S. The lowest BCUT2D eigenvalue weighted by molar-refractivity contribution is -0.146. The predicted octanol–water partition coefficient (Wildman–Crippen LogP) is -0.0584. The Bertz CT molecular complexity index is 485. The molecule has 0 radical (unpaired) electrons. The normalized spacial score (nSPS) is 13.2. The highest BCUT2D eigenvalue weighted by atomic mass is 32.2. The lowest BCUT2D eigenvalue weighted by Gasteiger charge is -2.08. The Morgan fingerprint density at radius 2 is 1.89 bits per heavy atom. The van der Waals surface area contributed by atoms with Crippen molar-refractivity contribution in [3.8, 4) is 0 Å². The van der Waals surface area contributed by atoms with Gasteiger partial charge in [-0.1, -0.05) is 30.3 Å². The minimum absolute atomic E-state index is 0.108. The number of benzene rings is 1. The highest BCUT2D eigenvalue weighted by Crippen LogP contribution is 2.04. The highest BCUT2D eigenvalue weighted by molar-refractivity contribution is 7.88. The first kappa shape index (κ1) is 14.6. The summed E-state index contributed by atoms with van der Waals surface area (Å²) in [7, 11) is -3.51. The van der Waals surface area contributed by atoms with Crippen molar-refractivity contribution in [3.63, 3.8) is 0 Å². The third-order valence-corrected chi connectivity index (χ3v) is 3.58. The zero-order valence-electron chi connectivity index (χ0n) is 9.61. The molecule has 0 saturated heterocycles. The van der Waals surface area contributed by atoms with Gasteiger partial charge in [0.15, 0.2) is 6.10 Å². The third kappa shape index (κ3) is 5.26. The molecule has 0 fully saturated rings. The molecule has 0 aromatic heterocycles. The number of nitrogens with one attached hydrogen (secondary N) is 1. The van der Waals surface area contributed by atoms with Crippen molar-refractivity contribution in [1.29, 1.82) is 0 Å². The van der Waals surface area contributed by atoms with Crippen LogP contribution in [0.4, 0.5) is 0 Å². The molecule has 0 aliphatic carbocycles. The lowest BCUT2D eigenvalue weighted by Crippen LogP contribution is -2.30. The van der Waals surface area contributed by atoms with Crippen molar-refractivity contribution >= 4 is 16.0 Å². The van der Waals surface area contributed by atoms with Gasteiger partial charge in [0.1, 0.15) is 0 Å². The summed E-state index contributed by atoms with van der Waals surface area (Å²) in [6.07, 6.45) is -1.71. The van der Waals surface area contributed by atoms with Gasteiger partial charge in [-0.05, 0) is 12.0 Å². The van der Waals surface area contributed by atoms with Crippen molar-refractivity contribution in [2.75, 3.05) is 6.54 Å². The summed E-state index contributed by atoms with van der Waals surface area (Å²) in [5.74, 6) is -1.53. The van der Waals surface area contributed by atoms with E-state index in [-0.39, 0.29) is 18.7 Å². The Kier molecular flexibility index (Phi) is 5.26. The van der Waals surface area contributed by atoms with Crippen LogP contribution in [-0.4, -0.2) is 37.2 Å². The van der Waals surface area contributed by atoms with Crippen LogP contribution in [0.15, 0.2) is 30.3 Å². The van der Waals surface area contributed by atoms with Crippen LogP contribution >= 0.6 is 0 Å². The highest BCUT2D eigenvalue weighted by Gasteiger charge is 2.15. The molecule has 0 spiro atoms. The molecule has 1 unspecified atom stereocenters. The van der Waals surface area contributed by atoms with E-state index in [9.17, 15) is 13.2 Å². The molecule has 0 heterocycles. The molecular weight excluding hydrogens is 258 g/mol. The SMILES string of the molecule is O=C(O)C(O)CCNS(=O)(=O)Cc1ccccc1. The monoisotopic (exact) mass is 273 g/mol. The average molecular weight is 273 g/mol. The minimum atomic E-state index is -3.51. The van der Waals surface area contributed by atoms with Gasteiger partial charge in [0, 0.05) is 6.54 Å². The van der Waals surface area contributed by atoms with Crippen LogP contribution in [0.25, 0.3) is 0 Å². The summed E-state index contributed by atoms with van der Waals surface area (Å²) in [4.78, 5) is 10.3. The van der Waals surface area contributed by atoms with Gasteiger partial charge in [-0.15, -0.1) is 0 Å². The zero-order chi connectivity index (χ0) is 13.6. The van der Waals surface area contributed by atoms with E-state index in [0.717, 1.165) is 0 Å². The van der Waals surface area contributed by atoms with Gasteiger partial charge in [0.25, 0.3) is 0 Å². The van der Waals surface area contributed by atoms with Crippen molar-refractivity contribution in [2.45, 2.75) is 18.3 Å². The fourth-order valence-corrected chi connectivity index (χ4v) is 2.48. The van der Waals surface area contributed by atoms with E-state index in [0.29, 0.717) is 5.56 Å². The van der Waals surface area contributed by atoms with Crippen LogP contribution in [-0.2, 0) is 20.6 Å². The van der Waals surface area contributed by atoms with Gasteiger partial charge < -0.3 is 10.2 Å². The maximum atomic E-state index is 11.6. The Morgan fingerprint density at radius 3 is 2.44 bits per heavy atom. The molecule has 0 saturated carbocycles. The second-order valence-corrected chi connectivity index (χ2v) is 5.59. The van der Waals surface area contributed by atoms with Crippen LogP contribution < -0.4 is 4.72 Å². The van der Waals surface area contributed by atoms with Gasteiger partial charge in [0.05, 0.1) is 5.75 Å². The second-order valence-electron chi connectivity index (χ2n) is 3.78. The van der Waals surface area contributed by atoms with Gasteiger partial charge in [0.2, 0.25) is 10.0 Å². The molecule has 0 aliphatic heterocycles. The molecule has 0 bridgehead atoms. The van der Waals surface area contributed by atoms with E-state index in [2.05, 4.69) is 4.72 Å². The van der Waals surface area contributed by atoms with Crippen LogP contribution in [0.1, 0.15) is 12.0 Å². The van der Waals surface area contributed by atoms with Crippen molar-refractivity contribution in [3.05, 3.63) is 35.9 Å². The summed E-state index contributed by atoms with van der Waals surface area (Å²) in [5.41, 5.74) is 0.642. The number of carbonyl (C=O) groups is 1. The first-order valence-corrected chi connectivity index (χ1v) is 6.98. The molecule has 6 nitrogen and oxygen atoms in total. The average Bonchev–Trinajstić information content (AvgIpc) is 2.29. The summed E-state index contributed by atoms with van der Waals surface area (Å²) in [6, 6.07) is 8.63. The maximum absolute atomic E-state index is 11.6. The molecule has 3 N–H and O–H groups in total. The summed E-state index contributed by atoms with van der Waals surface area (Å²) >= 11 is 0. The second kappa shape index (κ2) is 6.48. The molecule has 1 atom stereocenters. The van der Waals surface area contributed by atoms with E-state index in [1.54, 1.807) is 30.3 Å². The molecule has 7 heteroatoms. The number of aliphatic carboxylic acids is 1. The maximum Gasteiger partial charge on any atom is 0.332 e. The Hall–Kier alpha value is -1.44. The smallest absolute Gasteiger partial charge is 0.332 e. The van der Waals surface area contributed by atoms with Crippen molar-refractivity contribution in [1.82, 2.24) is 4.72 Å². The number of aliphatic hydroxyl groups excluding tert-OH is 1. The summed E-state index contributed by atoms with van der Waals surface area (Å²) in [5, 5.41) is 17.4. The third-order valence-electron chi connectivity index (χ3n) is 2.22. The van der Waals surface area contributed by atoms with Crippen LogP contribution in [0.2, 0.25) is 0 Å². The van der Waals surface area contributed by atoms with Crippen LogP contribution in [0.5, 0.6) is 0 Å². The molecule has 100 valence electrons. The molecule has 18 heavy (non-hydrogen) atoms. The summed E-state index contributed by atoms with van der Waals surface area (Å²) < 4.78 is 25.5. The Morgan fingerprint density at radius 1 is 1.28 bits per heavy atom. The number of hydrogen-bond donors (Lipinski definition) is 3. The standard InChI is InChI=1S/C11H15NO5S/c13-10(11(14)15)6-7-12-18(16,17)8-9-4-2-1-3-5-9/h1-5,10,12-13H,6-8H2,(H,14,15). The van der Waals surface area contributed by atoms with Crippen LogP contribution in [0, 0.1) is 0 Å². The van der Waals surface area contributed by atoms with E-state index < -0.39 is 22.1 Å². The number of carboxylic acids is 1. The van der Waals surface area contributed by atoms with Crippen molar-refractivity contribution in [2.24, 2.45) is 0 Å². The fourth-order valence-electron chi connectivity index (χ4n) is 1.32. The first-order chi connectivity index (χ1) is 8.41. The largest absolute Gasteiger partial charge is 0.479 e. The molecule has 1 aromatic rings. The number of hydrogen-bond acceptors (Lipinski definition) is 4. The van der Waals surface area contributed by atoms with Gasteiger partial charge in [-0.3, -0.25) is 0 Å². The lowest BCUT2D eigenvalue weighted by atomic mass is 10.2. The van der Waals surface area contributed by atoms with Crippen LogP contribution in [0.3, 0.4) is 0 Å². The van der Waals surface area contributed by atoms with E-state index >= 15 is 0 Å². The Balaban J connectivity index is 2.44. The number of sulfonamides is 1.